The van der Waals surface area contributed by atoms with E-state index in [2.05, 4.69) is 15.1 Å². The largest absolute Gasteiger partial charge is 0.343 e. The predicted octanol–water partition coefficient (Wildman–Crippen LogP) is 4.50. The number of fused-ring (bicyclic) bond motifs is 1. The first-order chi connectivity index (χ1) is 17.0. The van der Waals surface area contributed by atoms with E-state index in [9.17, 15) is 9.18 Å². The van der Waals surface area contributed by atoms with Crippen LogP contribution in [0.1, 0.15) is 28.0 Å². The number of rotatable bonds is 4. The van der Waals surface area contributed by atoms with Crippen LogP contribution >= 0.6 is 11.3 Å². The van der Waals surface area contributed by atoms with Gasteiger partial charge in [0.05, 0.1) is 40.3 Å². The van der Waals surface area contributed by atoms with Crippen molar-refractivity contribution in [1.82, 2.24) is 24.9 Å². The third-order valence-electron chi connectivity index (χ3n) is 6.97. The van der Waals surface area contributed by atoms with Gasteiger partial charge in [0.2, 0.25) is 0 Å². The number of carbonyl (C=O) groups is 1. The number of anilines is 1. The zero-order valence-corrected chi connectivity index (χ0v) is 20.4. The molecule has 2 fully saturated rings. The molecule has 6 rings (SSSR count). The number of benzene rings is 2. The van der Waals surface area contributed by atoms with Crippen molar-refractivity contribution in [2.24, 2.45) is 5.92 Å². The minimum atomic E-state index is -0.247. The maximum atomic E-state index is 13.8. The Morgan fingerprint density at radius 2 is 1.91 bits per heavy atom. The van der Waals surface area contributed by atoms with Crippen LogP contribution in [0.3, 0.4) is 0 Å². The fraction of sp³-hybridized carbons (Fsp3) is 0.308. The fourth-order valence-corrected chi connectivity index (χ4v) is 6.24. The molecule has 2 atom stereocenters. The van der Waals surface area contributed by atoms with Crippen LogP contribution in [0.15, 0.2) is 54.9 Å². The predicted molar refractivity (Wildman–Crippen MR) is 133 cm³/mol. The second-order valence-corrected chi connectivity index (χ2v) is 10.3. The Balaban J connectivity index is 1.24. The lowest BCUT2D eigenvalue weighted by Crippen LogP contribution is -2.65. The van der Waals surface area contributed by atoms with Gasteiger partial charge in [-0.25, -0.2) is 9.37 Å². The molecule has 0 bridgehead atoms. The summed E-state index contributed by atoms with van der Waals surface area (Å²) in [5.41, 5.74) is 4.08. The van der Waals surface area contributed by atoms with Gasteiger partial charge in [0.1, 0.15) is 5.82 Å². The first kappa shape index (κ1) is 21.9. The summed E-state index contributed by atoms with van der Waals surface area (Å²) in [6, 6.07) is 12.7. The van der Waals surface area contributed by atoms with Crippen LogP contribution < -0.4 is 4.90 Å². The topological polar surface area (TPSA) is 67.2 Å². The molecule has 35 heavy (non-hydrogen) atoms. The molecule has 178 valence electrons. The van der Waals surface area contributed by atoms with E-state index in [1.54, 1.807) is 35.9 Å². The van der Waals surface area contributed by atoms with E-state index in [4.69, 9.17) is 4.98 Å². The number of aryl methyl sites for hydroxylation is 2. The van der Waals surface area contributed by atoms with Crippen LogP contribution in [0, 0.1) is 25.6 Å². The first-order valence-corrected chi connectivity index (χ1v) is 12.6. The molecule has 0 N–H and O–H groups in total. The lowest BCUT2D eigenvalue weighted by Gasteiger charge is -2.53. The van der Waals surface area contributed by atoms with Crippen molar-refractivity contribution in [1.29, 1.82) is 0 Å². The van der Waals surface area contributed by atoms with Crippen LogP contribution in [0.5, 0.6) is 0 Å². The summed E-state index contributed by atoms with van der Waals surface area (Å²) >= 11 is 1.59. The number of amides is 1. The number of piperidine rings is 1. The molecule has 2 aromatic heterocycles. The van der Waals surface area contributed by atoms with Gasteiger partial charge in [0.15, 0.2) is 5.13 Å². The molecule has 0 radical (unpaired) electrons. The Morgan fingerprint density at radius 3 is 2.71 bits per heavy atom. The minimum absolute atomic E-state index is 0.00192. The van der Waals surface area contributed by atoms with Gasteiger partial charge >= 0.3 is 0 Å². The smallest absolute Gasteiger partial charge is 0.256 e. The van der Waals surface area contributed by atoms with Crippen LogP contribution in [0.2, 0.25) is 0 Å². The average Bonchev–Trinajstić information content (AvgIpc) is 3.49. The normalized spacial score (nSPS) is 19.4. The quantitative estimate of drug-likeness (QED) is 0.423. The van der Waals surface area contributed by atoms with Crippen molar-refractivity contribution in [3.63, 3.8) is 0 Å². The van der Waals surface area contributed by atoms with Gasteiger partial charge in [-0.1, -0.05) is 35.1 Å². The summed E-state index contributed by atoms with van der Waals surface area (Å²) < 4.78 is 13.8. The first-order valence-electron chi connectivity index (χ1n) is 11.7. The van der Waals surface area contributed by atoms with E-state index >= 15 is 0 Å². The number of aromatic nitrogens is 4. The zero-order chi connectivity index (χ0) is 24.1. The molecule has 4 heterocycles. The average molecular weight is 489 g/mol. The molecule has 9 heteroatoms. The van der Waals surface area contributed by atoms with E-state index < -0.39 is 0 Å². The highest BCUT2D eigenvalue weighted by molar-refractivity contribution is 7.19. The van der Waals surface area contributed by atoms with Crippen molar-refractivity contribution in [2.75, 3.05) is 24.5 Å². The lowest BCUT2D eigenvalue weighted by atomic mass is 9.82. The van der Waals surface area contributed by atoms with E-state index in [0.29, 0.717) is 23.7 Å². The molecule has 0 aliphatic carbocycles. The van der Waals surface area contributed by atoms with Crippen molar-refractivity contribution in [3.8, 4) is 16.1 Å². The maximum absolute atomic E-state index is 13.8. The molecule has 2 aliphatic rings. The van der Waals surface area contributed by atoms with Crippen LogP contribution in [0.25, 0.3) is 16.1 Å². The van der Waals surface area contributed by atoms with Gasteiger partial charge in [-0.15, -0.1) is 0 Å². The monoisotopic (exact) mass is 488 g/mol. The van der Waals surface area contributed by atoms with Gasteiger partial charge in [-0.05, 0) is 50.1 Å². The summed E-state index contributed by atoms with van der Waals surface area (Å²) in [4.78, 5) is 25.2. The Kier molecular flexibility index (Phi) is 5.36. The molecule has 0 saturated carbocycles. The summed E-state index contributed by atoms with van der Waals surface area (Å²) in [6.45, 7) is 6.28. The Morgan fingerprint density at radius 1 is 1.09 bits per heavy atom. The second-order valence-electron chi connectivity index (χ2n) is 9.28. The number of carbonyl (C=O) groups excluding carboxylic acids is 1. The number of halogens is 1. The molecule has 2 saturated heterocycles. The number of thiazole rings is 1. The Bertz CT molecular complexity index is 1400. The van der Waals surface area contributed by atoms with Crippen molar-refractivity contribution < 1.29 is 9.18 Å². The molecule has 2 aromatic carbocycles. The highest BCUT2D eigenvalue weighted by Gasteiger charge is 2.45. The third kappa shape index (κ3) is 3.89. The van der Waals surface area contributed by atoms with Gasteiger partial charge in [0, 0.05) is 25.6 Å². The van der Waals surface area contributed by atoms with Crippen LogP contribution in [-0.2, 0) is 0 Å². The molecule has 7 nitrogen and oxygen atoms in total. The number of hydrogen-bond donors (Lipinski definition) is 0. The Hall–Kier alpha value is -3.59. The molecule has 1 amide bonds. The van der Waals surface area contributed by atoms with E-state index in [-0.39, 0.29) is 17.8 Å². The van der Waals surface area contributed by atoms with Crippen LogP contribution in [0.4, 0.5) is 9.52 Å². The molecule has 2 aliphatic heterocycles. The molecular formula is C26H25FN6OS. The standard InChI is InChI=1S/C26H25FN6OS/c1-16-6-7-22(33-28-9-10-29-33)21(12-16)25(34)31-11-8-19-14-32(23(19)15-31)26-30-17(2)24(35-26)18-4-3-5-20(27)13-18/h3-7,9-10,12-13,19,23H,8,11,14-15H2,1-2H3/t19-,23-/m1/s1. The van der Waals surface area contributed by atoms with Gasteiger partial charge in [0.25, 0.3) is 5.91 Å². The zero-order valence-electron chi connectivity index (χ0n) is 19.6. The lowest BCUT2D eigenvalue weighted by molar-refractivity contribution is 0.0592. The summed E-state index contributed by atoms with van der Waals surface area (Å²) in [6.07, 6.45) is 4.19. The van der Waals surface area contributed by atoms with Gasteiger partial charge in [-0.2, -0.15) is 15.0 Å². The second kappa shape index (κ2) is 8.57. The summed E-state index contributed by atoms with van der Waals surface area (Å²) in [5.74, 6) is 0.302. The number of likely N-dealkylation sites (tertiary alicyclic amines) is 1. The SMILES string of the molecule is Cc1ccc(-n2nccn2)c(C(=O)N2CC[C@@H]3CN(c4nc(C)c(-c5cccc(F)c5)s4)[C@@H]3C2)c1. The summed E-state index contributed by atoms with van der Waals surface area (Å²) in [7, 11) is 0. The van der Waals surface area contributed by atoms with E-state index in [1.165, 1.54) is 10.9 Å². The van der Waals surface area contributed by atoms with Crippen molar-refractivity contribution >= 4 is 22.4 Å². The number of nitrogens with zero attached hydrogens (tertiary/aromatic N) is 6. The third-order valence-corrected chi connectivity index (χ3v) is 8.22. The highest BCUT2D eigenvalue weighted by atomic mass is 32.1. The maximum Gasteiger partial charge on any atom is 0.256 e. The minimum Gasteiger partial charge on any atom is -0.343 e. The van der Waals surface area contributed by atoms with Gasteiger partial charge < -0.3 is 9.80 Å². The van der Waals surface area contributed by atoms with E-state index in [0.717, 1.165) is 46.3 Å². The molecular weight excluding hydrogens is 463 g/mol. The molecule has 4 aromatic rings. The van der Waals surface area contributed by atoms with Crippen LogP contribution in [-0.4, -0.2) is 56.5 Å². The highest BCUT2D eigenvalue weighted by Crippen LogP contribution is 2.42. The number of hydrogen-bond acceptors (Lipinski definition) is 6. The van der Waals surface area contributed by atoms with E-state index in [1.807, 2.05) is 43.0 Å². The van der Waals surface area contributed by atoms with Crippen molar-refractivity contribution in [2.45, 2.75) is 26.3 Å². The van der Waals surface area contributed by atoms with Crippen molar-refractivity contribution in [3.05, 3.63) is 77.5 Å². The fourth-order valence-electron chi connectivity index (χ4n) is 5.11. The molecule has 0 unspecified atom stereocenters. The molecule has 0 spiro atoms. The van der Waals surface area contributed by atoms with Gasteiger partial charge in [-0.3, -0.25) is 4.79 Å². The summed E-state index contributed by atoms with van der Waals surface area (Å²) in [5, 5.41) is 9.40. The Labute approximate surface area is 206 Å².